The molecule has 1 aliphatic carbocycles. The fourth-order valence-corrected chi connectivity index (χ4v) is 6.92. The van der Waals surface area contributed by atoms with Gasteiger partial charge in [0.15, 0.2) is 0 Å². The molecule has 6 rings (SSSR count). The summed E-state index contributed by atoms with van der Waals surface area (Å²) in [7, 11) is 3.72. The number of aliphatic hydroxyl groups excluding tert-OH is 1. The van der Waals surface area contributed by atoms with Gasteiger partial charge in [0.1, 0.15) is 11.6 Å². The van der Waals surface area contributed by atoms with Crippen molar-refractivity contribution in [3.05, 3.63) is 65.1 Å². The molecular formula is C30H36FN3O3. The lowest BCUT2D eigenvalue weighted by atomic mass is 9.67. The van der Waals surface area contributed by atoms with Gasteiger partial charge in [0, 0.05) is 48.6 Å². The van der Waals surface area contributed by atoms with Crippen LogP contribution in [0.2, 0.25) is 0 Å². The van der Waals surface area contributed by atoms with Crippen LogP contribution in [-0.2, 0) is 23.8 Å². The second kappa shape index (κ2) is 9.44. The van der Waals surface area contributed by atoms with Crippen molar-refractivity contribution in [2.45, 2.75) is 50.1 Å². The van der Waals surface area contributed by atoms with Gasteiger partial charge in [0.25, 0.3) is 0 Å². The average molecular weight is 506 g/mol. The third kappa shape index (κ3) is 4.03. The van der Waals surface area contributed by atoms with Crippen molar-refractivity contribution >= 4 is 16.8 Å². The summed E-state index contributed by atoms with van der Waals surface area (Å²) in [5.74, 6) is 0.873. The van der Waals surface area contributed by atoms with E-state index in [2.05, 4.69) is 21.6 Å². The average Bonchev–Trinajstić information content (AvgIpc) is 3.17. The number of ether oxygens (including phenoxy) is 1. The summed E-state index contributed by atoms with van der Waals surface area (Å²) in [6.45, 7) is 3.01. The number of aryl methyl sites for hydroxylation is 1. The molecular weight excluding hydrogens is 469 g/mol. The summed E-state index contributed by atoms with van der Waals surface area (Å²) >= 11 is 0. The lowest BCUT2D eigenvalue weighted by molar-refractivity contribution is -0.144. The van der Waals surface area contributed by atoms with E-state index in [1.165, 1.54) is 17.0 Å². The van der Waals surface area contributed by atoms with E-state index in [9.17, 15) is 14.3 Å². The molecule has 1 spiro atoms. The molecule has 1 aromatic heterocycles. The van der Waals surface area contributed by atoms with Crippen LogP contribution in [0.25, 0.3) is 10.9 Å². The number of halogens is 1. The molecule has 1 N–H and O–H groups in total. The molecule has 3 aliphatic rings. The van der Waals surface area contributed by atoms with Crippen LogP contribution in [0.15, 0.2) is 42.5 Å². The van der Waals surface area contributed by atoms with Crippen molar-refractivity contribution in [2.75, 3.05) is 33.4 Å². The summed E-state index contributed by atoms with van der Waals surface area (Å²) in [5, 5.41) is 11.8. The first-order chi connectivity index (χ1) is 17.9. The standard InChI is InChI=1S/C30H36FN3O3/c1-32-25-16-23(37-2)9-10-24(25)27-28(32)26(18-35)34(29(36)21-6-4-7-21)19-30(27)11-13-33(14-12-30)17-20-5-3-8-22(31)15-20/h3,5,8-10,15-16,21,26,35H,4,6-7,11-14,17-19H2,1-2H3/t26-/m1/s1. The smallest absolute Gasteiger partial charge is 0.226 e. The molecule has 2 fully saturated rings. The third-order valence-corrected chi connectivity index (χ3v) is 9.17. The minimum Gasteiger partial charge on any atom is -0.497 e. The molecule has 2 aromatic carbocycles. The van der Waals surface area contributed by atoms with Crippen LogP contribution in [0.3, 0.4) is 0 Å². The summed E-state index contributed by atoms with van der Waals surface area (Å²) in [6, 6.07) is 12.7. The fourth-order valence-electron chi connectivity index (χ4n) is 6.92. The van der Waals surface area contributed by atoms with E-state index in [1.807, 2.05) is 24.1 Å². The SMILES string of the molecule is COc1ccc2c3c(n(C)c2c1)[C@@H](CO)N(C(=O)C1CCC1)CC31CCN(Cc2cccc(F)c2)CC1. The van der Waals surface area contributed by atoms with Crippen molar-refractivity contribution in [2.24, 2.45) is 13.0 Å². The predicted octanol–water partition coefficient (Wildman–Crippen LogP) is 4.54. The van der Waals surface area contributed by atoms with E-state index in [0.717, 1.165) is 74.3 Å². The van der Waals surface area contributed by atoms with Crippen LogP contribution >= 0.6 is 0 Å². The van der Waals surface area contributed by atoms with Gasteiger partial charge in [0.05, 0.1) is 25.3 Å². The molecule has 0 radical (unpaired) electrons. The third-order valence-electron chi connectivity index (χ3n) is 9.17. The van der Waals surface area contributed by atoms with E-state index in [0.29, 0.717) is 6.54 Å². The number of nitrogens with zero attached hydrogens (tertiary/aromatic N) is 3. The zero-order chi connectivity index (χ0) is 25.7. The van der Waals surface area contributed by atoms with E-state index >= 15 is 0 Å². The number of hydrogen-bond donors (Lipinski definition) is 1. The van der Waals surface area contributed by atoms with E-state index in [1.54, 1.807) is 19.2 Å². The van der Waals surface area contributed by atoms with Gasteiger partial charge in [-0.25, -0.2) is 4.39 Å². The predicted molar refractivity (Wildman–Crippen MR) is 141 cm³/mol. The van der Waals surface area contributed by atoms with E-state index in [-0.39, 0.29) is 35.7 Å². The first-order valence-corrected chi connectivity index (χ1v) is 13.5. The highest BCUT2D eigenvalue weighted by Gasteiger charge is 2.50. The van der Waals surface area contributed by atoms with Gasteiger partial charge in [-0.1, -0.05) is 18.6 Å². The summed E-state index contributed by atoms with van der Waals surface area (Å²) in [4.78, 5) is 18.1. The topological polar surface area (TPSA) is 57.9 Å². The van der Waals surface area contributed by atoms with Crippen molar-refractivity contribution in [3.63, 3.8) is 0 Å². The number of hydrogen-bond acceptors (Lipinski definition) is 4. The van der Waals surface area contributed by atoms with E-state index in [4.69, 9.17) is 4.74 Å². The first-order valence-electron chi connectivity index (χ1n) is 13.5. The lowest BCUT2D eigenvalue weighted by Crippen LogP contribution is -2.56. The Kier molecular flexibility index (Phi) is 6.24. The number of piperidine rings is 1. The minimum absolute atomic E-state index is 0.0792. The maximum Gasteiger partial charge on any atom is 0.226 e. The van der Waals surface area contributed by atoms with Gasteiger partial charge >= 0.3 is 0 Å². The zero-order valence-corrected chi connectivity index (χ0v) is 21.8. The number of benzene rings is 2. The number of fused-ring (bicyclic) bond motifs is 4. The van der Waals surface area contributed by atoms with Gasteiger partial charge in [0.2, 0.25) is 5.91 Å². The molecule has 37 heavy (non-hydrogen) atoms. The molecule has 1 amide bonds. The van der Waals surface area contributed by atoms with Gasteiger partial charge in [-0.3, -0.25) is 9.69 Å². The van der Waals surface area contributed by atoms with E-state index < -0.39 is 0 Å². The highest BCUT2D eigenvalue weighted by Crippen LogP contribution is 2.51. The highest BCUT2D eigenvalue weighted by atomic mass is 19.1. The Labute approximate surface area is 217 Å². The largest absolute Gasteiger partial charge is 0.497 e. The van der Waals surface area contributed by atoms with Gasteiger partial charge in [-0.2, -0.15) is 0 Å². The van der Waals surface area contributed by atoms with Gasteiger partial charge in [-0.15, -0.1) is 0 Å². The van der Waals surface area contributed by atoms with Crippen LogP contribution in [0, 0.1) is 11.7 Å². The minimum atomic E-state index is -0.345. The summed E-state index contributed by atoms with van der Waals surface area (Å²) < 4.78 is 21.5. The quantitative estimate of drug-likeness (QED) is 0.553. The first kappa shape index (κ1) is 24.4. The van der Waals surface area contributed by atoms with Crippen LogP contribution < -0.4 is 4.74 Å². The normalized spacial score (nSPS) is 21.7. The number of carbonyl (C=O) groups is 1. The molecule has 0 bridgehead atoms. The summed E-state index contributed by atoms with van der Waals surface area (Å²) in [6.07, 6.45) is 4.82. The Hall–Kier alpha value is -2.90. The number of aromatic nitrogens is 1. The molecule has 6 nitrogen and oxygen atoms in total. The molecule has 1 atom stereocenters. The number of rotatable bonds is 5. The van der Waals surface area contributed by atoms with Crippen molar-refractivity contribution in [1.82, 2.24) is 14.4 Å². The maximum atomic E-state index is 13.8. The molecule has 1 saturated heterocycles. The highest BCUT2D eigenvalue weighted by molar-refractivity contribution is 5.90. The Balaban J connectivity index is 1.40. The van der Waals surface area contributed by atoms with Crippen LogP contribution in [0.5, 0.6) is 5.75 Å². The second-order valence-corrected chi connectivity index (χ2v) is 11.2. The van der Waals surface area contributed by atoms with Crippen molar-refractivity contribution < 1.29 is 19.0 Å². The van der Waals surface area contributed by atoms with Gasteiger partial charge in [-0.05, 0) is 74.2 Å². The lowest BCUT2D eigenvalue weighted by Gasteiger charge is -2.51. The van der Waals surface area contributed by atoms with Gasteiger partial charge < -0.3 is 19.3 Å². The molecule has 3 aromatic rings. The number of aliphatic hydroxyl groups is 1. The Bertz CT molecular complexity index is 1320. The Morgan fingerprint density at radius 2 is 1.95 bits per heavy atom. The number of carbonyl (C=O) groups excluding carboxylic acids is 1. The molecule has 2 aliphatic heterocycles. The Morgan fingerprint density at radius 1 is 1.16 bits per heavy atom. The van der Waals surface area contributed by atoms with Crippen LogP contribution in [0.4, 0.5) is 4.39 Å². The monoisotopic (exact) mass is 505 g/mol. The molecule has 7 heteroatoms. The number of amides is 1. The summed E-state index contributed by atoms with van der Waals surface area (Å²) in [5.41, 5.74) is 4.22. The maximum absolute atomic E-state index is 13.8. The Morgan fingerprint density at radius 3 is 2.59 bits per heavy atom. The van der Waals surface area contributed by atoms with Crippen LogP contribution in [-0.4, -0.2) is 58.7 Å². The van der Waals surface area contributed by atoms with Crippen LogP contribution in [0.1, 0.15) is 55.0 Å². The zero-order valence-electron chi connectivity index (χ0n) is 21.8. The molecule has 0 unspecified atom stereocenters. The molecule has 196 valence electrons. The van der Waals surface area contributed by atoms with Crippen molar-refractivity contribution in [1.29, 1.82) is 0 Å². The second-order valence-electron chi connectivity index (χ2n) is 11.2. The number of likely N-dealkylation sites (tertiary alicyclic amines) is 1. The molecule has 3 heterocycles. The van der Waals surface area contributed by atoms with Crippen molar-refractivity contribution in [3.8, 4) is 5.75 Å². The molecule has 1 saturated carbocycles. The number of methoxy groups -OCH3 is 1. The fraction of sp³-hybridized carbons (Fsp3) is 0.500.